The van der Waals surface area contributed by atoms with E-state index in [0.717, 1.165) is 0 Å². The molecule has 0 aliphatic rings. The summed E-state index contributed by atoms with van der Waals surface area (Å²) in [7, 11) is 0. The van der Waals surface area contributed by atoms with Crippen molar-refractivity contribution in [3.05, 3.63) is 36.5 Å². The van der Waals surface area contributed by atoms with Crippen LogP contribution in [0, 0.1) is 5.82 Å². The second-order valence-electron chi connectivity index (χ2n) is 3.40. The Bertz CT molecular complexity index is 536. The number of hydrogen-bond acceptors (Lipinski definition) is 5. The van der Waals surface area contributed by atoms with Crippen molar-refractivity contribution in [2.75, 3.05) is 12.3 Å². The molecule has 0 radical (unpaired) electrons. The summed E-state index contributed by atoms with van der Waals surface area (Å²) in [5.74, 6) is -0.268. The van der Waals surface area contributed by atoms with Crippen molar-refractivity contribution < 1.29 is 9.13 Å². The number of nitrogen functional groups attached to an aromatic ring is 1. The highest BCUT2D eigenvalue weighted by Crippen LogP contribution is 2.34. The molecule has 0 fully saturated rings. The van der Waals surface area contributed by atoms with Crippen molar-refractivity contribution in [1.29, 1.82) is 0 Å². The molecule has 0 spiro atoms. The summed E-state index contributed by atoms with van der Waals surface area (Å²) < 4.78 is 18.7. The minimum absolute atomic E-state index is 0.193. The van der Waals surface area contributed by atoms with Gasteiger partial charge in [-0.2, -0.15) is 0 Å². The molecular weight excluding hydrogens is 253 g/mol. The Kier molecular flexibility index (Phi) is 3.99. The molecule has 2 rings (SSSR count). The van der Waals surface area contributed by atoms with Gasteiger partial charge in [-0.1, -0.05) is 11.8 Å². The SMILES string of the molecule is CCOc1cc(Sc2cnccn2)c(N)cc1F. The fourth-order valence-corrected chi connectivity index (χ4v) is 2.15. The second kappa shape index (κ2) is 5.68. The van der Waals surface area contributed by atoms with E-state index >= 15 is 0 Å². The lowest BCUT2D eigenvalue weighted by molar-refractivity contribution is 0.321. The molecule has 6 heteroatoms. The standard InChI is InChI=1S/C12H12FN3OS/c1-2-17-10-6-11(9(14)5-8(10)13)18-12-7-15-3-4-16-12/h3-7H,2,14H2,1H3. The van der Waals surface area contributed by atoms with E-state index in [1.807, 2.05) is 0 Å². The van der Waals surface area contributed by atoms with Crippen LogP contribution in [0.3, 0.4) is 0 Å². The molecule has 2 aromatic rings. The Morgan fingerprint density at radius 2 is 2.22 bits per heavy atom. The molecule has 1 heterocycles. The van der Waals surface area contributed by atoms with Crippen molar-refractivity contribution in [1.82, 2.24) is 9.97 Å². The zero-order valence-electron chi connectivity index (χ0n) is 9.76. The van der Waals surface area contributed by atoms with Crippen LogP contribution in [0.2, 0.25) is 0 Å². The van der Waals surface area contributed by atoms with E-state index in [9.17, 15) is 4.39 Å². The van der Waals surface area contributed by atoms with E-state index in [-0.39, 0.29) is 5.75 Å². The van der Waals surface area contributed by atoms with Gasteiger partial charge in [-0.25, -0.2) is 9.37 Å². The van der Waals surface area contributed by atoms with Gasteiger partial charge < -0.3 is 10.5 Å². The van der Waals surface area contributed by atoms with Crippen molar-refractivity contribution in [3.8, 4) is 5.75 Å². The van der Waals surface area contributed by atoms with Gasteiger partial charge >= 0.3 is 0 Å². The number of aromatic nitrogens is 2. The molecule has 0 saturated carbocycles. The van der Waals surface area contributed by atoms with E-state index in [1.165, 1.54) is 17.8 Å². The normalized spacial score (nSPS) is 10.3. The van der Waals surface area contributed by atoms with Crippen molar-refractivity contribution in [2.45, 2.75) is 16.8 Å². The van der Waals surface area contributed by atoms with Gasteiger partial charge in [0.05, 0.1) is 12.8 Å². The molecule has 0 unspecified atom stereocenters. The highest BCUT2D eigenvalue weighted by atomic mass is 32.2. The maximum atomic E-state index is 13.5. The zero-order chi connectivity index (χ0) is 13.0. The average molecular weight is 265 g/mol. The highest BCUT2D eigenvalue weighted by molar-refractivity contribution is 7.99. The van der Waals surface area contributed by atoms with Crippen LogP contribution in [0.15, 0.2) is 40.6 Å². The number of benzene rings is 1. The summed E-state index contributed by atoms with van der Waals surface area (Å²) in [6.45, 7) is 2.20. The molecule has 2 N–H and O–H groups in total. The van der Waals surface area contributed by atoms with Gasteiger partial charge in [-0.05, 0) is 13.0 Å². The summed E-state index contributed by atoms with van der Waals surface area (Å²) in [4.78, 5) is 8.78. The van der Waals surface area contributed by atoms with Gasteiger partial charge in [-0.15, -0.1) is 0 Å². The van der Waals surface area contributed by atoms with Crippen LogP contribution in [-0.2, 0) is 0 Å². The van der Waals surface area contributed by atoms with Crippen LogP contribution in [0.25, 0.3) is 0 Å². The lowest BCUT2D eigenvalue weighted by Gasteiger charge is -2.09. The van der Waals surface area contributed by atoms with Crippen molar-refractivity contribution >= 4 is 17.4 Å². The molecule has 1 aromatic heterocycles. The second-order valence-corrected chi connectivity index (χ2v) is 4.46. The minimum Gasteiger partial charge on any atom is -0.491 e. The molecule has 4 nitrogen and oxygen atoms in total. The van der Waals surface area contributed by atoms with E-state index in [0.29, 0.717) is 22.2 Å². The molecule has 0 aliphatic heterocycles. The third-order valence-electron chi connectivity index (χ3n) is 2.12. The highest BCUT2D eigenvalue weighted by Gasteiger charge is 2.10. The number of nitrogens with zero attached hydrogens (tertiary/aromatic N) is 2. The van der Waals surface area contributed by atoms with Crippen LogP contribution in [0.5, 0.6) is 5.75 Å². The summed E-state index contributed by atoms with van der Waals surface area (Å²) in [6, 6.07) is 2.83. The monoisotopic (exact) mass is 265 g/mol. The number of anilines is 1. The Morgan fingerprint density at radius 3 is 2.89 bits per heavy atom. The largest absolute Gasteiger partial charge is 0.491 e. The van der Waals surface area contributed by atoms with Crippen LogP contribution in [-0.4, -0.2) is 16.6 Å². The van der Waals surface area contributed by atoms with Gasteiger partial charge in [0, 0.05) is 29.0 Å². The van der Waals surface area contributed by atoms with Crippen molar-refractivity contribution in [2.24, 2.45) is 0 Å². The minimum atomic E-state index is -0.460. The topological polar surface area (TPSA) is 61.0 Å². The maximum Gasteiger partial charge on any atom is 0.167 e. The van der Waals surface area contributed by atoms with Gasteiger partial charge in [0.1, 0.15) is 5.03 Å². The number of halogens is 1. The van der Waals surface area contributed by atoms with Gasteiger partial charge in [0.2, 0.25) is 0 Å². The first-order chi connectivity index (χ1) is 8.70. The van der Waals surface area contributed by atoms with E-state index in [4.69, 9.17) is 10.5 Å². The Morgan fingerprint density at radius 1 is 1.39 bits per heavy atom. The predicted octanol–water partition coefficient (Wildman–Crippen LogP) is 2.75. The van der Waals surface area contributed by atoms with Gasteiger partial charge in [0.15, 0.2) is 11.6 Å². The number of nitrogens with two attached hydrogens (primary N) is 1. The molecule has 0 aliphatic carbocycles. The molecular formula is C12H12FN3OS. The fourth-order valence-electron chi connectivity index (χ4n) is 1.36. The van der Waals surface area contributed by atoms with Crippen LogP contribution in [0.1, 0.15) is 6.92 Å². The third kappa shape index (κ3) is 2.89. The molecule has 0 bridgehead atoms. The lowest BCUT2D eigenvalue weighted by Crippen LogP contribution is -1.98. The summed E-state index contributed by atoms with van der Waals surface area (Å²) in [6.07, 6.45) is 4.79. The van der Waals surface area contributed by atoms with Gasteiger partial charge in [-0.3, -0.25) is 4.98 Å². The lowest BCUT2D eigenvalue weighted by atomic mass is 10.3. The number of hydrogen-bond donors (Lipinski definition) is 1. The quantitative estimate of drug-likeness (QED) is 0.861. The van der Waals surface area contributed by atoms with Crippen LogP contribution >= 0.6 is 11.8 Å². The molecule has 18 heavy (non-hydrogen) atoms. The summed E-state index contributed by atoms with van der Waals surface area (Å²) >= 11 is 1.32. The van der Waals surface area contributed by atoms with Crippen LogP contribution in [0.4, 0.5) is 10.1 Å². The molecule has 0 saturated heterocycles. The fraction of sp³-hybridized carbons (Fsp3) is 0.167. The number of ether oxygens (including phenoxy) is 1. The summed E-state index contributed by atoms with van der Waals surface area (Å²) in [5.41, 5.74) is 6.12. The zero-order valence-corrected chi connectivity index (χ0v) is 10.6. The third-order valence-corrected chi connectivity index (χ3v) is 3.11. The first-order valence-electron chi connectivity index (χ1n) is 5.36. The van der Waals surface area contributed by atoms with Crippen LogP contribution < -0.4 is 10.5 Å². The van der Waals surface area contributed by atoms with E-state index < -0.39 is 5.82 Å². The van der Waals surface area contributed by atoms with E-state index in [1.54, 1.807) is 31.6 Å². The number of rotatable bonds is 4. The van der Waals surface area contributed by atoms with Crippen molar-refractivity contribution in [3.63, 3.8) is 0 Å². The molecule has 0 atom stereocenters. The first-order valence-corrected chi connectivity index (χ1v) is 6.18. The first kappa shape index (κ1) is 12.6. The Balaban J connectivity index is 2.30. The van der Waals surface area contributed by atoms with E-state index in [2.05, 4.69) is 9.97 Å². The molecule has 94 valence electrons. The Labute approximate surface area is 108 Å². The molecule has 0 amide bonds. The maximum absolute atomic E-state index is 13.5. The van der Waals surface area contributed by atoms with Gasteiger partial charge in [0.25, 0.3) is 0 Å². The Hall–Kier alpha value is -1.82. The smallest absolute Gasteiger partial charge is 0.167 e. The summed E-state index contributed by atoms with van der Waals surface area (Å²) in [5, 5.41) is 0.693. The predicted molar refractivity (Wildman–Crippen MR) is 68.1 cm³/mol. The molecule has 1 aromatic carbocycles. The average Bonchev–Trinajstić information content (AvgIpc) is 2.37.